The van der Waals surface area contributed by atoms with E-state index in [4.69, 9.17) is 28.9 Å². The van der Waals surface area contributed by atoms with Gasteiger partial charge in [-0.1, -0.05) is 23.2 Å². The topological polar surface area (TPSA) is 76.7 Å². The third-order valence-corrected chi connectivity index (χ3v) is 2.63. The molecule has 0 aliphatic heterocycles. The SMILES string of the molecule is Nc1nc(NCc2ccncn2)c(Cl)cc1Cl. The van der Waals surface area contributed by atoms with E-state index >= 15 is 0 Å². The number of aromatic nitrogens is 3. The highest BCUT2D eigenvalue weighted by molar-refractivity contribution is 6.37. The van der Waals surface area contributed by atoms with Gasteiger partial charge in [0.1, 0.15) is 18.0 Å². The maximum absolute atomic E-state index is 5.97. The van der Waals surface area contributed by atoms with E-state index in [-0.39, 0.29) is 5.82 Å². The van der Waals surface area contributed by atoms with Crippen molar-refractivity contribution in [2.24, 2.45) is 0 Å². The summed E-state index contributed by atoms with van der Waals surface area (Å²) in [4.78, 5) is 11.9. The second kappa shape index (κ2) is 5.16. The zero-order valence-corrected chi connectivity index (χ0v) is 10.2. The molecule has 0 aromatic carbocycles. The van der Waals surface area contributed by atoms with Crippen molar-refractivity contribution in [1.82, 2.24) is 15.0 Å². The second-order valence-corrected chi connectivity index (χ2v) is 4.05. The maximum atomic E-state index is 5.97. The zero-order chi connectivity index (χ0) is 12.3. The minimum atomic E-state index is 0.237. The number of hydrogen-bond donors (Lipinski definition) is 2. The maximum Gasteiger partial charge on any atom is 0.147 e. The van der Waals surface area contributed by atoms with Gasteiger partial charge in [0, 0.05) is 6.20 Å². The van der Waals surface area contributed by atoms with Crippen LogP contribution in [0.25, 0.3) is 0 Å². The van der Waals surface area contributed by atoms with Crippen molar-refractivity contribution in [2.75, 3.05) is 11.1 Å². The summed E-state index contributed by atoms with van der Waals surface area (Å²) in [5, 5.41) is 3.78. The van der Waals surface area contributed by atoms with Gasteiger partial charge in [-0.3, -0.25) is 0 Å². The van der Waals surface area contributed by atoms with E-state index in [2.05, 4.69) is 20.3 Å². The first kappa shape index (κ1) is 11.9. The Morgan fingerprint density at radius 2 is 2.12 bits per heavy atom. The summed E-state index contributed by atoms with van der Waals surface area (Å²) in [5.74, 6) is 0.716. The molecule has 2 aromatic heterocycles. The van der Waals surface area contributed by atoms with Gasteiger partial charge in [0.2, 0.25) is 0 Å². The van der Waals surface area contributed by atoms with Crippen LogP contribution in [0.4, 0.5) is 11.6 Å². The van der Waals surface area contributed by atoms with Crippen LogP contribution in [0.2, 0.25) is 10.0 Å². The number of rotatable bonds is 3. The van der Waals surface area contributed by atoms with Gasteiger partial charge in [-0.2, -0.15) is 0 Å². The first-order chi connectivity index (χ1) is 8.16. The Hall–Kier alpha value is -1.59. The average molecular weight is 270 g/mol. The van der Waals surface area contributed by atoms with Gasteiger partial charge in [-0.15, -0.1) is 0 Å². The van der Waals surface area contributed by atoms with Crippen molar-refractivity contribution < 1.29 is 0 Å². The van der Waals surface area contributed by atoms with Crippen molar-refractivity contribution in [2.45, 2.75) is 6.54 Å². The van der Waals surface area contributed by atoms with Crippen LogP contribution in [-0.4, -0.2) is 15.0 Å². The lowest BCUT2D eigenvalue weighted by Gasteiger charge is -2.08. The highest BCUT2D eigenvalue weighted by Gasteiger charge is 2.06. The summed E-state index contributed by atoms with van der Waals surface area (Å²) < 4.78 is 0. The van der Waals surface area contributed by atoms with E-state index in [1.165, 1.54) is 6.33 Å². The molecule has 0 saturated carbocycles. The van der Waals surface area contributed by atoms with Crippen molar-refractivity contribution >= 4 is 34.8 Å². The molecule has 0 fully saturated rings. The molecule has 2 heterocycles. The molecule has 0 bridgehead atoms. The Kier molecular flexibility index (Phi) is 3.61. The molecule has 0 atom stereocenters. The predicted octanol–water partition coefficient (Wildman–Crippen LogP) is 2.37. The minimum Gasteiger partial charge on any atom is -0.382 e. The zero-order valence-electron chi connectivity index (χ0n) is 8.69. The Labute approximate surface area is 108 Å². The fourth-order valence-corrected chi connectivity index (χ4v) is 1.63. The third kappa shape index (κ3) is 2.95. The van der Waals surface area contributed by atoms with E-state index < -0.39 is 0 Å². The number of pyridine rings is 1. The molecule has 0 saturated heterocycles. The summed E-state index contributed by atoms with van der Waals surface area (Å²) in [6.07, 6.45) is 3.14. The number of anilines is 2. The summed E-state index contributed by atoms with van der Waals surface area (Å²) >= 11 is 11.8. The molecule has 0 amide bonds. The molecule has 2 aromatic rings. The van der Waals surface area contributed by atoms with Crippen LogP contribution in [-0.2, 0) is 6.54 Å². The highest BCUT2D eigenvalue weighted by Crippen LogP contribution is 2.27. The van der Waals surface area contributed by atoms with Crippen LogP contribution >= 0.6 is 23.2 Å². The molecule has 5 nitrogen and oxygen atoms in total. The second-order valence-electron chi connectivity index (χ2n) is 3.24. The fraction of sp³-hybridized carbons (Fsp3) is 0.100. The predicted molar refractivity (Wildman–Crippen MR) is 68.0 cm³/mol. The Morgan fingerprint density at radius 1 is 1.29 bits per heavy atom. The summed E-state index contributed by atoms with van der Waals surface area (Å²) in [6.45, 7) is 0.482. The highest BCUT2D eigenvalue weighted by atomic mass is 35.5. The molecule has 0 radical (unpaired) electrons. The van der Waals surface area contributed by atoms with Gasteiger partial charge in [0.15, 0.2) is 0 Å². The summed E-state index contributed by atoms with van der Waals surface area (Å²) in [7, 11) is 0. The lowest BCUT2D eigenvalue weighted by Crippen LogP contribution is -2.05. The smallest absolute Gasteiger partial charge is 0.147 e. The van der Waals surface area contributed by atoms with Gasteiger partial charge in [0.05, 0.1) is 22.3 Å². The van der Waals surface area contributed by atoms with E-state index in [0.717, 1.165) is 5.69 Å². The molecule has 0 aliphatic carbocycles. The first-order valence-corrected chi connectivity index (χ1v) is 5.52. The lowest BCUT2D eigenvalue weighted by molar-refractivity contribution is 0.997. The van der Waals surface area contributed by atoms with E-state index in [1.54, 1.807) is 18.3 Å². The molecule has 88 valence electrons. The van der Waals surface area contributed by atoms with Gasteiger partial charge < -0.3 is 11.1 Å². The van der Waals surface area contributed by atoms with E-state index in [0.29, 0.717) is 22.4 Å². The average Bonchev–Trinajstić information content (AvgIpc) is 2.33. The van der Waals surface area contributed by atoms with E-state index in [9.17, 15) is 0 Å². The minimum absolute atomic E-state index is 0.237. The van der Waals surface area contributed by atoms with Crippen molar-refractivity contribution in [1.29, 1.82) is 0 Å². The van der Waals surface area contributed by atoms with Crippen molar-refractivity contribution in [3.63, 3.8) is 0 Å². The molecule has 17 heavy (non-hydrogen) atoms. The Bertz CT molecular complexity index is 518. The standard InChI is InChI=1S/C10H9Cl2N5/c11-7-3-8(12)10(17-9(7)13)15-4-6-1-2-14-5-16-6/h1-3,5H,4H2,(H3,13,15,17). The molecule has 2 rings (SSSR count). The van der Waals surface area contributed by atoms with Crippen molar-refractivity contribution in [3.8, 4) is 0 Å². The number of nitrogens with zero attached hydrogens (tertiary/aromatic N) is 3. The third-order valence-electron chi connectivity index (χ3n) is 2.04. The fourth-order valence-electron chi connectivity index (χ4n) is 1.20. The van der Waals surface area contributed by atoms with Crippen LogP contribution in [0.15, 0.2) is 24.7 Å². The quantitative estimate of drug-likeness (QED) is 0.895. The Balaban J connectivity index is 2.12. The number of nitrogens with two attached hydrogens (primary N) is 1. The normalized spacial score (nSPS) is 10.2. The molecule has 0 unspecified atom stereocenters. The lowest BCUT2D eigenvalue weighted by atomic mass is 10.4. The van der Waals surface area contributed by atoms with E-state index in [1.807, 2.05) is 0 Å². The molecular formula is C10H9Cl2N5. The molecule has 0 spiro atoms. The summed E-state index contributed by atoms with van der Waals surface area (Å²) in [5.41, 5.74) is 6.42. The number of nitrogen functional groups attached to an aromatic ring is 1. The molecule has 3 N–H and O–H groups in total. The molecule has 7 heteroatoms. The van der Waals surface area contributed by atoms with Crippen LogP contribution in [0.5, 0.6) is 0 Å². The monoisotopic (exact) mass is 269 g/mol. The summed E-state index contributed by atoms with van der Waals surface area (Å²) in [6, 6.07) is 3.34. The number of nitrogens with one attached hydrogen (secondary N) is 1. The Morgan fingerprint density at radius 3 is 2.82 bits per heavy atom. The van der Waals surface area contributed by atoms with Crippen LogP contribution in [0, 0.1) is 0 Å². The largest absolute Gasteiger partial charge is 0.382 e. The molecule has 0 aliphatic rings. The first-order valence-electron chi connectivity index (χ1n) is 4.77. The van der Waals surface area contributed by atoms with Gasteiger partial charge in [-0.25, -0.2) is 15.0 Å². The number of hydrogen-bond acceptors (Lipinski definition) is 5. The van der Waals surface area contributed by atoms with Gasteiger partial charge in [-0.05, 0) is 12.1 Å². The van der Waals surface area contributed by atoms with Crippen LogP contribution in [0.3, 0.4) is 0 Å². The molecular weight excluding hydrogens is 261 g/mol. The van der Waals surface area contributed by atoms with Gasteiger partial charge >= 0.3 is 0 Å². The van der Waals surface area contributed by atoms with Crippen molar-refractivity contribution in [3.05, 3.63) is 40.4 Å². The number of halogens is 2. The van der Waals surface area contributed by atoms with Crippen LogP contribution in [0.1, 0.15) is 5.69 Å². The van der Waals surface area contributed by atoms with Gasteiger partial charge in [0.25, 0.3) is 0 Å². The van der Waals surface area contributed by atoms with Crippen LogP contribution < -0.4 is 11.1 Å².